The van der Waals surface area contributed by atoms with Gasteiger partial charge in [0.25, 0.3) is 0 Å². The molecule has 0 saturated heterocycles. The Morgan fingerprint density at radius 2 is 1.93 bits per heavy atom. The fraction of sp³-hybridized carbons (Fsp3) is 0.500. The highest BCUT2D eigenvalue weighted by molar-refractivity contribution is 5.45. The van der Waals surface area contributed by atoms with Crippen LogP contribution in [0.25, 0.3) is 0 Å². The molecule has 1 N–H and O–H groups in total. The van der Waals surface area contributed by atoms with E-state index in [9.17, 15) is 0 Å². The van der Waals surface area contributed by atoms with Gasteiger partial charge in [-0.15, -0.1) is 0 Å². The van der Waals surface area contributed by atoms with Crippen molar-refractivity contribution in [2.24, 2.45) is 0 Å². The van der Waals surface area contributed by atoms with E-state index >= 15 is 0 Å². The number of aliphatic hydroxyl groups is 1. The second kappa shape index (κ2) is 3.74. The van der Waals surface area contributed by atoms with E-state index in [2.05, 4.69) is 0 Å². The van der Waals surface area contributed by atoms with Crippen molar-refractivity contribution in [1.82, 2.24) is 0 Å². The summed E-state index contributed by atoms with van der Waals surface area (Å²) >= 11 is 0. The van der Waals surface area contributed by atoms with Gasteiger partial charge >= 0.3 is 0 Å². The predicted molar refractivity (Wildman–Crippen MR) is 57.2 cm³/mol. The van der Waals surface area contributed by atoms with Crippen LogP contribution in [-0.4, -0.2) is 17.5 Å². The van der Waals surface area contributed by atoms with Gasteiger partial charge in [0.1, 0.15) is 0 Å². The summed E-state index contributed by atoms with van der Waals surface area (Å²) in [7, 11) is 0. The first kappa shape index (κ1) is 10.3. The molecular weight excluding hydrogens is 192 g/mol. The van der Waals surface area contributed by atoms with Gasteiger partial charge in [0, 0.05) is 20.5 Å². The average Bonchev–Trinajstić information content (AvgIpc) is 2.47. The van der Waals surface area contributed by atoms with Gasteiger partial charge in [-0.1, -0.05) is 6.07 Å². The highest BCUT2D eigenvalue weighted by Gasteiger charge is 2.31. The molecule has 3 nitrogen and oxygen atoms in total. The smallest absolute Gasteiger partial charge is 0.246 e. The van der Waals surface area contributed by atoms with Crippen molar-refractivity contribution in [2.75, 3.05) is 6.61 Å². The van der Waals surface area contributed by atoms with Crippen LogP contribution in [0, 0.1) is 0 Å². The van der Waals surface area contributed by atoms with Crippen molar-refractivity contribution < 1.29 is 14.6 Å². The summed E-state index contributed by atoms with van der Waals surface area (Å²) in [5.41, 5.74) is 1.17. The van der Waals surface area contributed by atoms with Crippen LogP contribution in [0.3, 0.4) is 0 Å². The van der Waals surface area contributed by atoms with E-state index in [1.807, 2.05) is 32.0 Å². The minimum Gasteiger partial charge on any atom is -0.449 e. The van der Waals surface area contributed by atoms with Crippen LogP contribution in [0.1, 0.15) is 25.8 Å². The maximum Gasteiger partial charge on any atom is 0.246 e. The third-order valence-electron chi connectivity index (χ3n) is 2.34. The topological polar surface area (TPSA) is 38.7 Å². The summed E-state index contributed by atoms with van der Waals surface area (Å²) in [6, 6.07) is 5.93. The Bertz CT molecular complexity index is 358. The van der Waals surface area contributed by atoms with Crippen molar-refractivity contribution in [3.05, 3.63) is 23.8 Å². The molecule has 0 radical (unpaired) electrons. The first-order chi connectivity index (χ1) is 7.11. The summed E-state index contributed by atoms with van der Waals surface area (Å²) in [6.45, 7) is 4.00. The molecule has 0 fully saturated rings. The van der Waals surface area contributed by atoms with Crippen molar-refractivity contribution in [2.45, 2.75) is 32.5 Å². The summed E-state index contributed by atoms with van der Waals surface area (Å²) in [5.74, 6) is 1.04. The zero-order valence-electron chi connectivity index (χ0n) is 9.12. The van der Waals surface area contributed by atoms with Crippen LogP contribution < -0.4 is 9.47 Å². The second-order valence-electron chi connectivity index (χ2n) is 4.21. The number of hydrogen-bond donors (Lipinski definition) is 1. The Morgan fingerprint density at radius 1 is 1.20 bits per heavy atom. The molecule has 1 aromatic carbocycles. The number of aliphatic hydroxyl groups excluding tert-OH is 1. The fourth-order valence-electron chi connectivity index (χ4n) is 1.71. The van der Waals surface area contributed by atoms with Gasteiger partial charge < -0.3 is 14.6 Å². The van der Waals surface area contributed by atoms with Gasteiger partial charge in [-0.25, -0.2) is 0 Å². The molecule has 2 rings (SSSR count). The molecule has 1 aromatic rings. The standard InChI is InChI=1S/C12H16O3/c1-12(2)14-10-6-5-9(4-3-7-13)8-11(10)15-12/h5-6,8,13H,3-4,7H2,1-2H3. The number of fused-ring (bicyclic) bond motifs is 1. The van der Waals surface area contributed by atoms with E-state index in [0.29, 0.717) is 0 Å². The first-order valence-corrected chi connectivity index (χ1v) is 5.22. The van der Waals surface area contributed by atoms with Crippen molar-refractivity contribution in [1.29, 1.82) is 0 Å². The third kappa shape index (κ3) is 2.23. The SMILES string of the molecule is CC1(C)Oc2ccc(CCCO)cc2O1. The molecule has 0 amide bonds. The molecule has 0 bridgehead atoms. The van der Waals surface area contributed by atoms with Crippen LogP contribution >= 0.6 is 0 Å². The summed E-state index contributed by atoms with van der Waals surface area (Å²) in [4.78, 5) is 0. The molecule has 1 aliphatic rings. The number of hydrogen-bond acceptors (Lipinski definition) is 3. The van der Waals surface area contributed by atoms with Crippen molar-refractivity contribution in [3.8, 4) is 11.5 Å². The molecule has 15 heavy (non-hydrogen) atoms. The maximum atomic E-state index is 8.75. The normalized spacial score (nSPS) is 16.7. The maximum absolute atomic E-state index is 8.75. The molecule has 0 atom stereocenters. The lowest BCUT2D eigenvalue weighted by Gasteiger charge is -2.16. The molecule has 1 aliphatic heterocycles. The summed E-state index contributed by atoms with van der Waals surface area (Å²) < 4.78 is 11.2. The summed E-state index contributed by atoms with van der Waals surface area (Å²) in [5, 5.41) is 8.75. The molecule has 0 spiro atoms. The Kier molecular flexibility index (Phi) is 2.57. The van der Waals surface area contributed by atoms with Crippen molar-refractivity contribution in [3.63, 3.8) is 0 Å². The largest absolute Gasteiger partial charge is 0.449 e. The number of rotatable bonds is 3. The zero-order chi connectivity index (χ0) is 10.9. The molecule has 82 valence electrons. The second-order valence-corrected chi connectivity index (χ2v) is 4.21. The van der Waals surface area contributed by atoms with Gasteiger partial charge in [-0.05, 0) is 30.5 Å². The zero-order valence-corrected chi connectivity index (χ0v) is 9.12. The molecule has 1 heterocycles. The highest BCUT2D eigenvalue weighted by Crippen LogP contribution is 2.39. The minimum absolute atomic E-state index is 0.222. The Hall–Kier alpha value is -1.22. The van der Waals surface area contributed by atoms with E-state index in [-0.39, 0.29) is 6.61 Å². The van der Waals surface area contributed by atoms with Crippen LogP contribution in [0.15, 0.2) is 18.2 Å². The van der Waals surface area contributed by atoms with Crippen LogP contribution in [0.5, 0.6) is 11.5 Å². The Morgan fingerprint density at radius 3 is 2.67 bits per heavy atom. The highest BCUT2D eigenvalue weighted by atomic mass is 16.7. The van der Waals surface area contributed by atoms with Crippen LogP contribution in [-0.2, 0) is 6.42 Å². The third-order valence-corrected chi connectivity index (χ3v) is 2.34. The Labute approximate surface area is 89.6 Å². The summed E-state index contributed by atoms with van der Waals surface area (Å²) in [6.07, 6.45) is 1.65. The van der Waals surface area contributed by atoms with Crippen LogP contribution in [0.4, 0.5) is 0 Å². The predicted octanol–water partition coefficient (Wildman–Crippen LogP) is 2.12. The van der Waals surface area contributed by atoms with E-state index in [1.165, 1.54) is 5.56 Å². The lowest BCUT2D eigenvalue weighted by Crippen LogP contribution is -2.29. The van der Waals surface area contributed by atoms with E-state index in [4.69, 9.17) is 14.6 Å². The monoisotopic (exact) mass is 208 g/mol. The molecule has 0 aliphatic carbocycles. The number of benzene rings is 1. The van der Waals surface area contributed by atoms with Gasteiger partial charge in [-0.3, -0.25) is 0 Å². The molecule has 0 aromatic heterocycles. The minimum atomic E-state index is -0.558. The van der Waals surface area contributed by atoms with Gasteiger partial charge in [0.15, 0.2) is 11.5 Å². The molecule has 0 saturated carbocycles. The lowest BCUT2D eigenvalue weighted by atomic mass is 10.1. The number of aryl methyl sites for hydroxylation is 1. The van der Waals surface area contributed by atoms with E-state index in [1.54, 1.807) is 0 Å². The van der Waals surface area contributed by atoms with Crippen molar-refractivity contribution >= 4 is 0 Å². The average molecular weight is 208 g/mol. The quantitative estimate of drug-likeness (QED) is 0.826. The van der Waals surface area contributed by atoms with Gasteiger partial charge in [0.2, 0.25) is 5.79 Å². The van der Waals surface area contributed by atoms with Gasteiger partial charge in [0.05, 0.1) is 0 Å². The Balaban J connectivity index is 2.15. The fourth-order valence-corrected chi connectivity index (χ4v) is 1.71. The van der Waals surface area contributed by atoms with E-state index in [0.717, 1.165) is 24.3 Å². The number of ether oxygens (including phenoxy) is 2. The molecule has 3 heteroatoms. The van der Waals surface area contributed by atoms with Crippen LogP contribution in [0.2, 0.25) is 0 Å². The lowest BCUT2D eigenvalue weighted by molar-refractivity contribution is -0.0431. The molecule has 0 unspecified atom stereocenters. The van der Waals surface area contributed by atoms with E-state index < -0.39 is 5.79 Å². The molecular formula is C12H16O3. The van der Waals surface area contributed by atoms with Gasteiger partial charge in [-0.2, -0.15) is 0 Å². The first-order valence-electron chi connectivity index (χ1n) is 5.22.